The summed E-state index contributed by atoms with van der Waals surface area (Å²) in [5.74, 6) is -0.510. The van der Waals surface area contributed by atoms with Crippen molar-refractivity contribution in [3.8, 4) is 5.75 Å². The Hall–Kier alpha value is -2.91. The molecular formula is C25H25FN2O5S. The standard InChI is InChI=1S/C25H25FN2O5S/c26-18-1-4-22(15(10-18)9-16-12-28-7-5-14(16)6-8-28)34(31,32)27-21-3-2-19-20-11-17(20)13-33-24(19)23(21)25(29)30/h1-4,9-10,14,17,20,27H,5-8,11-13H2,(H,29,30)/b16-9-/t17-,20-/m0/s1. The van der Waals surface area contributed by atoms with Crippen LogP contribution in [0.1, 0.15) is 46.7 Å². The van der Waals surface area contributed by atoms with E-state index in [9.17, 15) is 22.7 Å². The lowest BCUT2D eigenvalue weighted by Crippen LogP contribution is -2.42. The fourth-order valence-corrected chi connectivity index (χ4v) is 6.88. The summed E-state index contributed by atoms with van der Waals surface area (Å²) in [6, 6.07) is 6.79. The molecule has 2 aromatic rings. The van der Waals surface area contributed by atoms with Gasteiger partial charge >= 0.3 is 5.97 Å². The number of aromatic carboxylic acids is 1. The van der Waals surface area contributed by atoms with Gasteiger partial charge in [-0.15, -0.1) is 0 Å². The SMILES string of the molecule is O=C(O)c1c(NS(=O)(=O)c2ccc(F)cc2/C=C2/CN3CCC2CC3)ccc2c1OC[C@@H]1C[C@H]21. The summed E-state index contributed by atoms with van der Waals surface area (Å²) in [7, 11) is -4.20. The molecule has 0 amide bonds. The van der Waals surface area contributed by atoms with E-state index in [4.69, 9.17) is 4.74 Å². The number of carboxylic acid groups (broad SMARTS) is 1. The third-order valence-corrected chi connectivity index (χ3v) is 8.97. The molecule has 4 heterocycles. The molecule has 5 aliphatic rings. The Kier molecular flexibility index (Phi) is 4.97. The Morgan fingerprint density at radius 2 is 2.00 bits per heavy atom. The van der Waals surface area contributed by atoms with Crippen LogP contribution in [0, 0.1) is 17.7 Å². The summed E-state index contributed by atoms with van der Waals surface area (Å²) in [6.07, 6.45) is 4.76. The van der Waals surface area contributed by atoms with E-state index >= 15 is 0 Å². The maximum atomic E-state index is 14.2. The van der Waals surface area contributed by atoms with E-state index in [-0.39, 0.29) is 33.4 Å². The molecule has 0 spiro atoms. The molecule has 4 fully saturated rings. The van der Waals surface area contributed by atoms with Crippen molar-refractivity contribution in [2.75, 3.05) is 31.0 Å². The number of nitrogens with zero attached hydrogens (tertiary/aromatic N) is 1. The molecule has 3 saturated heterocycles. The van der Waals surface area contributed by atoms with Crippen LogP contribution in [0.5, 0.6) is 5.75 Å². The van der Waals surface area contributed by atoms with Crippen LogP contribution < -0.4 is 9.46 Å². The Morgan fingerprint density at radius 1 is 1.21 bits per heavy atom. The molecule has 9 heteroatoms. The number of benzene rings is 2. The summed E-state index contributed by atoms with van der Waals surface area (Å²) < 4.78 is 49.2. The van der Waals surface area contributed by atoms with Crippen molar-refractivity contribution in [3.05, 3.63) is 58.4 Å². The van der Waals surface area contributed by atoms with E-state index in [2.05, 4.69) is 9.62 Å². The zero-order valence-electron chi connectivity index (χ0n) is 18.5. The van der Waals surface area contributed by atoms with Crippen molar-refractivity contribution in [3.63, 3.8) is 0 Å². The largest absolute Gasteiger partial charge is 0.492 e. The molecule has 2 bridgehead atoms. The van der Waals surface area contributed by atoms with Crippen molar-refractivity contribution in [1.29, 1.82) is 0 Å². The van der Waals surface area contributed by atoms with E-state index in [0.29, 0.717) is 18.4 Å². The zero-order chi connectivity index (χ0) is 23.6. The first-order valence-electron chi connectivity index (χ1n) is 11.6. The average Bonchev–Trinajstić information content (AvgIpc) is 3.59. The summed E-state index contributed by atoms with van der Waals surface area (Å²) in [6.45, 7) is 3.24. The van der Waals surface area contributed by atoms with Gasteiger partial charge < -0.3 is 9.84 Å². The minimum Gasteiger partial charge on any atom is -0.492 e. The van der Waals surface area contributed by atoms with E-state index in [1.807, 2.05) is 0 Å². The molecule has 7 rings (SSSR count). The number of anilines is 1. The van der Waals surface area contributed by atoms with Crippen LogP contribution in [0.3, 0.4) is 0 Å². The highest BCUT2D eigenvalue weighted by atomic mass is 32.2. The fraction of sp³-hybridized carbons (Fsp3) is 0.400. The predicted octanol–water partition coefficient (Wildman–Crippen LogP) is 3.93. The van der Waals surface area contributed by atoms with Crippen LogP contribution in [0.15, 0.2) is 40.8 Å². The van der Waals surface area contributed by atoms with Crippen LogP contribution in [0.25, 0.3) is 6.08 Å². The number of ether oxygens (including phenoxy) is 1. The Balaban J connectivity index is 1.38. The number of carbonyl (C=O) groups is 1. The van der Waals surface area contributed by atoms with Gasteiger partial charge in [-0.1, -0.05) is 17.7 Å². The number of halogens is 1. The van der Waals surface area contributed by atoms with Gasteiger partial charge in [0, 0.05) is 12.5 Å². The summed E-state index contributed by atoms with van der Waals surface area (Å²) >= 11 is 0. The first-order valence-corrected chi connectivity index (χ1v) is 13.1. The third kappa shape index (κ3) is 3.67. The molecule has 2 N–H and O–H groups in total. The summed E-state index contributed by atoms with van der Waals surface area (Å²) in [5.41, 5.74) is 1.93. The van der Waals surface area contributed by atoms with Gasteiger partial charge in [0.25, 0.3) is 10.0 Å². The van der Waals surface area contributed by atoms with Gasteiger partial charge in [-0.3, -0.25) is 9.62 Å². The minimum absolute atomic E-state index is 0.0592. The molecule has 7 nitrogen and oxygen atoms in total. The van der Waals surface area contributed by atoms with Crippen molar-refractivity contribution >= 4 is 27.8 Å². The summed E-state index contributed by atoms with van der Waals surface area (Å²) in [5, 5.41) is 9.88. The van der Waals surface area contributed by atoms with Crippen LogP contribution in [0.2, 0.25) is 0 Å². The molecule has 178 valence electrons. The maximum absolute atomic E-state index is 14.2. The third-order valence-electron chi connectivity index (χ3n) is 7.53. The van der Waals surface area contributed by atoms with Gasteiger partial charge in [-0.2, -0.15) is 0 Å². The average molecular weight is 485 g/mol. The highest BCUT2D eigenvalue weighted by molar-refractivity contribution is 7.92. The number of hydrogen-bond acceptors (Lipinski definition) is 5. The molecule has 34 heavy (non-hydrogen) atoms. The Bertz CT molecular complexity index is 1330. The lowest BCUT2D eigenvalue weighted by atomic mass is 9.83. The topological polar surface area (TPSA) is 95.9 Å². The Labute approximate surface area is 197 Å². The van der Waals surface area contributed by atoms with E-state index in [0.717, 1.165) is 56.1 Å². The number of carboxylic acids is 1. The maximum Gasteiger partial charge on any atom is 0.341 e. The molecule has 1 aliphatic carbocycles. The minimum atomic E-state index is -4.20. The highest BCUT2D eigenvalue weighted by Crippen LogP contribution is 2.55. The first kappa shape index (κ1) is 21.6. The molecular weight excluding hydrogens is 459 g/mol. The molecule has 0 aromatic heterocycles. The second kappa shape index (κ2) is 7.81. The van der Waals surface area contributed by atoms with Crippen molar-refractivity contribution in [2.24, 2.45) is 11.8 Å². The quantitative estimate of drug-likeness (QED) is 0.668. The number of fused-ring (bicyclic) bond motifs is 6. The molecule has 4 aliphatic heterocycles. The number of hydrogen-bond donors (Lipinski definition) is 2. The van der Waals surface area contributed by atoms with Gasteiger partial charge in [0.2, 0.25) is 0 Å². The molecule has 2 aromatic carbocycles. The molecule has 1 saturated carbocycles. The van der Waals surface area contributed by atoms with Crippen molar-refractivity contribution in [2.45, 2.75) is 30.1 Å². The van der Waals surface area contributed by atoms with Crippen LogP contribution in [0.4, 0.5) is 10.1 Å². The lowest BCUT2D eigenvalue weighted by molar-refractivity contribution is 0.0692. The van der Waals surface area contributed by atoms with Crippen LogP contribution >= 0.6 is 0 Å². The first-order chi connectivity index (χ1) is 16.3. The fourth-order valence-electron chi connectivity index (χ4n) is 5.64. The molecule has 2 atom stereocenters. The number of piperidine rings is 3. The normalized spacial score (nSPS) is 28.1. The second-order valence-corrected chi connectivity index (χ2v) is 11.3. The van der Waals surface area contributed by atoms with Gasteiger partial charge in [-0.25, -0.2) is 17.6 Å². The Morgan fingerprint density at radius 3 is 2.71 bits per heavy atom. The molecule has 0 unspecified atom stereocenters. The smallest absolute Gasteiger partial charge is 0.341 e. The van der Waals surface area contributed by atoms with Crippen LogP contribution in [-0.4, -0.2) is 50.6 Å². The van der Waals surface area contributed by atoms with Gasteiger partial charge in [0.1, 0.15) is 17.1 Å². The van der Waals surface area contributed by atoms with E-state index in [1.54, 1.807) is 12.1 Å². The monoisotopic (exact) mass is 484 g/mol. The van der Waals surface area contributed by atoms with Gasteiger partial charge in [-0.05, 0) is 79.6 Å². The van der Waals surface area contributed by atoms with Crippen LogP contribution in [-0.2, 0) is 10.0 Å². The van der Waals surface area contributed by atoms with E-state index < -0.39 is 21.8 Å². The van der Waals surface area contributed by atoms with E-state index in [1.165, 1.54) is 18.2 Å². The van der Waals surface area contributed by atoms with Gasteiger partial charge in [0.05, 0.1) is 17.2 Å². The number of rotatable bonds is 5. The van der Waals surface area contributed by atoms with Gasteiger partial charge in [0.15, 0.2) is 0 Å². The highest BCUT2D eigenvalue weighted by Gasteiger charge is 2.45. The van der Waals surface area contributed by atoms with Crippen molar-refractivity contribution in [1.82, 2.24) is 4.90 Å². The zero-order valence-corrected chi connectivity index (χ0v) is 19.3. The van der Waals surface area contributed by atoms with Crippen molar-refractivity contribution < 1.29 is 27.4 Å². The lowest BCUT2D eigenvalue weighted by Gasteiger charge is -2.41. The number of nitrogens with one attached hydrogen (secondary N) is 1. The second-order valence-electron chi connectivity index (χ2n) is 9.68. The predicted molar refractivity (Wildman–Crippen MR) is 124 cm³/mol. The molecule has 0 radical (unpaired) electrons. The summed E-state index contributed by atoms with van der Waals surface area (Å²) in [4.78, 5) is 14.3. The number of sulfonamides is 1.